The molecule has 4 nitrogen and oxygen atoms in total. The molecule has 100 valence electrons. The Kier molecular flexibility index (Phi) is 5.25. The normalized spacial score (nSPS) is 28.2. The molecule has 0 aromatic carbocycles. The molecular formula is C11H20ClNO3S. The van der Waals surface area contributed by atoms with Crippen LogP contribution in [0.5, 0.6) is 0 Å². The van der Waals surface area contributed by atoms with Crippen LogP contribution in [0, 0.1) is 0 Å². The Balaban J connectivity index is 2.60. The second-order valence-electron chi connectivity index (χ2n) is 4.74. The first kappa shape index (κ1) is 14.8. The highest BCUT2D eigenvalue weighted by atomic mass is 35.5. The number of halogens is 1. The molecule has 1 rings (SSSR count). The van der Waals surface area contributed by atoms with Gasteiger partial charge in [0.1, 0.15) is 5.25 Å². The summed E-state index contributed by atoms with van der Waals surface area (Å²) in [7, 11) is -3.33. The lowest BCUT2D eigenvalue weighted by atomic mass is 10.1. The maximum absolute atomic E-state index is 11.8. The molecule has 3 atom stereocenters. The summed E-state index contributed by atoms with van der Waals surface area (Å²) in [5, 5.41) is 1.67. The minimum absolute atomic E-state index is 0.0896. The van der Waals surface area contributed by atoms with E-state index >= 15 is 0 Å². The van der Waals surface area contributed by atoms with E-state index < -0.39 is 21.0 Å². The molecule has 0 aromatic heterocycles. The molecule has 0 aliphatic heterocycles. The molecule has 0 saturated heterocycles. The fraction of sp³-hybridized carbons (Fsp3) is 0.909. The predicted octanol–water partition coefficient (Wildman–Crippen LogP) is 1.48. The van der Waals surface area contributed by atoms with Gasteiger partial charge in [-0.1, -0.05) is 19.3 Å². The van der Waals surface area contributed by atoms with Crippen LogP contribution in [0.2, 0.25) is 0 Å². The highest BCUT2D eigenvalue weighted by Crippen LogP contribution is 2.22. The molecule has 0 heterocycles. The van der Waals surface area contributed by atoms with Gasteiger partial charge in [0.2, 0.25) is 5.91 Å². The van der Waals surface area contributed by atoms with E-state index in [9.17, 15) is 13.2 Å². The summed E-state index contributed by atoms with van der Waals surface area (Å²) >= 11 is 6.19. The Morgan fingerprint density at radius 1 is 1.29 bits per heavy atom. The Hall–Kier alpha value is -0.290. The lowest BCUT2D eigenvalue weighted by molar-refractivity contribution is -0.121. The summed E-state index contributed by atoms with van der Waals surface area (Å²) in [4.78, 5) is 11.8. The summed E-state index contributed by atoms with van der Waals surface area (Å²) in [6, 6.07) is -0.101. The Morgan fingerprint density at radius 3 is 2.47 bits per heavy atom. The first-order chi connectivity index (χ1) is 7.82. The van der Waals surface area contributed by atoms with Crippen LogP contribution < -0.4 is 5.32 Å². The Labute approximate surface area is 108 Å². The number of hydrogen-bond acceptors (Lipinski definition) is 3. The van der Waals surface area contributed by atoms with Crippen LogP contribution in [0.3, 0.4) is 0 Å². The van der Waals surface area contributed by atoms with Gasteiger partial charge in [0, 0.05) is 12.3 Å². The van der Waals surface area contributed by atoms with Crippen LogP contribution in [0.4, 0.5) is 0 Å². The first-order valence-electron chi connectivity index (χ1n) is 5.95. The number of rotatable bonds is 3. The van der Waals surface area contributed by atoms with Crippen molar-refractivity contribution in [2.75, 3.05) is 6.26 Å². The van der Waals surface area contributed by atoms with Gasteiger partial charge in [-0.15, -0.1) is 11.6 Å². The highest BCUT2D eigenvalue weighted by Gasteiger charge is 2.28. The summed E-state index contributed by atoms with van der Waals surface area (Å²) in [6.07, 6.45) is 6.00. The van der Waals surface area contributed by atoms with Crippen LogP contribution in [-0.2, 0) is 14.6 Å². The molecule has 1 aliphatic carbocycles. The maximum Gasteiger partial charge on any atom is 0.238 e. The summed E-state index contributed by atoms with van der Waals surface area (Å²) < 4.78 is 22.5. The summed E-state index contributed by atoms with van der Waals surface area (Å²) in [6.45, 7) is 1.41. The smallest absolute Gasteiger partial charge is 0.238 e. The van der Waals surface area contributed by atoms with E-state index in [4.69, 9.17) is 11.6 Å². The predicted molar refractivity (Wildman–Crippen MR) is 69.0 cm³/mol. The van der Waals surface area contributed by atoms with Crippen LogP contribution in [0.1, 0.15) is 39.0 Å². The molecule has 1 N–H and O–H groups in total. The Morgan fingerprint density at radius 2 is 1.88 bits per heavy atom. The van der Waals surface area contributed by atoms with Crippen molar-refractivity contribution in [1.29, 1.82) is 0 Å². The highest BCUT2D eigenvalue weighted by molar-refractivity contribution is 7.92. The van der Waals surface area contributed by atoms with E-state index in [1.165, 1.54) is 6.92 Å². The van der Waals surface area contributed by atoms with E-state index in [1.807, 2.05) is 0 Å². The SMILES string of the molecule is CC(C(=O)NC1CCCCCC1Cl)S(C)(=O)=O. The first-order valence-corrected chi connectivity index (χ1v) is 8.35. The fourth-order valence-corrected chi connectivity index (χ4v) is 2.72. The van der Waals surface area contributed by atoms with Crippen molar-refractivity contribution in [1.82, 2.24) is 5.32 Å². The van der Waals surface area contributed by atoms with E-state index in [-0.39, 0.29) is 11.4 Å². The maximum atomic E-state index is 11.8. The molecule has 0 radical (unpaired) electrons. The number of amides is 1. The van der Waals surface area contributed by atoms with Crippen molar-refractivity contribution in [2.45, 2.75) is 55.7 Å². The zero-order valence-electron chi connectivity index (χ0n) is 10.3. The zero-order chi connectivity index (χ0) is 13.1. The van der Waals surface area contributed by atoms with Crippen molar-refractivity contribution in [2.24, 2.45) is 0 Å². The number of hydrogen-bond donors (Lipinski definition) is 1. The van der Waals surface area contributed by atoms with E-state index in [1.54, 1.807) is 0 Å². The van der Waals surface area contributed by atoms with Gasteiger partial charge in [-0.2, -0.15) is 0 Å². The molecule has 3 unspecified atom stereocenters. The van der Waals surface area contributed by atoms with E-state index in [0.717, 1.165) is 38.4 Å². The van der Waals surface area contributed by atoms with E-state index in [0.29, 0.717) is 0 Å². The monoisotopic (exact) mass is 281 g/mol. The third-order valence-electron chi connectivity index (χ3n) is 3.27. The standard InChI is InChI=1S/C11H20ClNO3S/c1-8(17(2,15)16)11(14)13-10-7-5-3-4-6-9(10)12/h8-10H,3-7H2,1-2H3,(H,13,14). The third-order valence-corrected chi connectivity index (χ3v) is 5.29. The second kappa shape index (κ2) is 6.05. The average Bonchev–Trinajstić information content (AvgIpc) is 2.42. The van der Waals surface area contributed by atoms with Gasteiger partial charge < -0.3 is 5.32 Å². The minimum atomic E-state index is -3.33. The van der Waals surface area contributed by atoms with Crippen LogP contribution in [0.25, 0.3) is 0 Å². The van der Waals surface area contributed by atoms with Gasteiger partial charge in [0.25, 0.3) is 0 Å². The van der Waals surface area contributed by atoms with Crippen molar-refractivity contribution in [3.63, 3.8) is 0 Å². The number of carbonyl (C=O) groups is 1. The third kappa shape index (κ3) is 4.47. The van der Waals surface area contributed by atoms with E-state index in [2.05, 4.69) is 5.32 Å². The van der Waals surface area contributed by atoms with Crippen LogP contribution in [0.15, 0.2) is 0 Å². The van der Waals surface area contributed by atoms with Gasteiger partial charge in [-0.05, 0) is 19.8 Å². The van der Waals surface area contributed by atoms with Gasteiger partial charge in [-0.3, -0.25) is 4.79 Å². The molecule has 17 heavy (non-hydrogen) atoms. The average molecular weight is 282 g/mol. The number of alkyl halides is 1. The molecule has 1 amide bonds. The molecule has 1 fully saturated rings. The van der Waals surface area contributed by atoms with Crippen LogP contribution >= 0.6 is 11.6 Å². The van der Waals surface area contributed by atoms with Crippen molar-refractivity contribution >= 4 is 27.3 Å². The summed E-state index contributed by atoms with van der Waals surface area (Å²) in [5.41, 5.74) is 0. The second-order valence-corrected chi connectivity index (χ2v) is 7.67. The number of carbonyl (C=O) groups excluding carboxylic acids is 1. The minimum Gasteiger partial charge on any atom is -0.351 e. The number of sulfone groups is 1. The Bertz CT molecular complexity index is 369. The van der Waals surface area contributed by atoms with Crippen molar-refractivity contribution in [3.05, 3.63) is 0 Å². The summed E-state index contributed by atoms with van der Waals surface area (Å²) in [5.74, 6) is -0.440. The molecule has 6 heteroatoms. The van der Waals surface area contributed by atoms with Gasteiger partial charge in [0.15, 0.2) is 9.84 Å². The lowest BCUT2D eigenvalue weighted by Gasteiger charge is -2.22. The molecule has 0 spiro atoms. The molecular weight excluding hydrogens is 262 g/mol. The largest absolute Gasteiger partial charge is 0.351 e. The van der Waals surface area contributed by atoms with Crippen LogP contribution in [-0.4, -0.2) is 37.2 Å². The molecule has 0 bridgehead atoms. The lowest BCUT2D eigenvalue weighted by Crippen LogP contribution is -2.46. The topological polar surface area (TPSA) is 63.2 Å². The fourth-order valence-electron chi connectivity index (χ4n) is 1.92. The van der Waals surface area contributed by atoms with Gasteiger partial charge >= 0.3 is 0 Å². The van der Waals surface area contributed by atoms with Crippen molar-refractivity contribution in [3.8, 4) is 0 Å². The molecule has 0 aromatic rings. The number of nitrogens with one attached hydrogen (secondary N) is 1. The molecule has 1 aliphatic rings. The molecule has 1 saturated carbocycles. The zero-order valence-corrected chi connectivity index (χ0v) is 11.9. The van der Waals surface area contributed by atoms with Gasteiger partial charge in [-0.25, -0.2) is 8.42 Å². The van der Waals surface area contributed by atoms with Crippen molar-refractivity contribution < 1.29 is 13.2 Å². The quantitative estimate of drug-likeness (QED) is 0.629. The van der Waals surface area contributed by atoms with Gasteiger partial charge in [0.05, 0.1) is 5.38 Å².